The quantitative estimate of drug-likeness (QED) is 0.769. The predicted octanol–water partition coefficient (Wildman–Crippen LogP) is 0.108. The van der Waals surface area contributed by atoms with Crippen LogP contribution >= 0.6 is 0 Å². The summed E-state index contributed by atoms with van der Waals surface area (Å²) in [4.78, 5) is 17.2. The first-order chi connectivity index (χ1) is 8.12. The number of nitrogens with zero attached hydrogens (tertiary/aromatic N) is 3. The molecule has 0 fully saturated rings. The van der Waals surface area contributed by atoms with Gasteiger partial charge in [0.05, 0.1) is 24.0 Å². The fraction of sp³-hybridized carbons (Fsp3) is 0.364. The Morgan fingerprint density at radius 3 is 2.94 bits per heavy atom. The third kappa shape index (κ3) is 3.08. The van der Waals surface area contributed by atoms with Crippen LogP contribution in [0.5, 0.6) is 0 Å². The SMILES string of the molecule is CCN(CC(=O)NC)c1ncc(N)cc1C#N. The van der Waals surface area contributed by atoms with E-state index in [1.165, 1.54) is 6.20 Å². The Balaban J connectivity index is 3.04. The lowest BCUT2D eigenvalue weighted by Gasteiger charge is -2.21. The number of likely N-dealkylation sites (N-methyl/N-ethyl adjacent to an activating group) is 2. The van der Waals surface area contributed by atoms with Gasteiger partial charge >= 0.3 is 0 Å². The number of hydrogen-bond acceptors (Lipinski definition) is 5. The van der Waals surface area contributed by atoms with Gasteiger partial charge in [0.15, 0.2) is 0 Å². The van der Waals surface area contributed by atoms with Crippen LogP contribution in [0.25, 0.3) is 0 Å². The molecule has 0 aromatic carbocycles. The lowest BCUT2D eigenvalue weighted by molar-refractivity contribution is -0.119. The van der Waals surface area contributed by atoms with E-state index in [1.54, 1.807) is 18.0 Å². The molecule has 1 aromatic rings. The van der Waals surface area contributed by atoms with E-state index in [9.17, 15) is 4.79 Å². The average molecular weight is 233 g/mol. The minimum atomic E-state index is -0.130. The standard InChI is InChI=1S/C11H15N5O/c1-3-16(7-10(17)14-2)11-8(5-12)4-9(13)6-15-11/h4,6H,3,7,13H2,1-2H3,(H,14,17). The van der Waals surface area contributed by atoms with Gasteiger partial charge in [0.2, 0.25) is 5.91 Å². The van der Waals surface area contributed by atoms with Gasteiger partial charge in [-0.15, -0.1) is 0 Å². The van der Waals surface area contributed by atoms with Crippen LogP contribution < -0.4 is 16.0 Å². The molecule has 0 radical (unpaired) electrons. The van der Waals surface area contributed by atoms with Crippen LogP contribution in [-0.2, 0) is 4.79 Å². The summed E-state index contributed by atoms with van der Waals surface area (Å²) in [7, 11) is 1.57. The molecule has 3 N–H and O–H groups in total. The van der Waals surface area contributed by atoms with Crippen molar-refractivity contribution in [2.24, 2.45) is 0 Å². The zero-order chi connectivity index (χ0) is 12.8. The average Bonchev–Trinajstić information content (AvgIpc) is 2.35. The summed E-state index contributed by atoms with van der Waals surface area (Å²) in [6.07, 6.45) is 1.47. The maximum absolute atomic E-state index is 11.3. The lowest BCUT2D eigenvalue weighted by Crippen LogP contribution is -2.36. The van der Waals surface area contributed by atoms with Crippen molar-refractivity contribution in [3.8, 4) is 6.07 Å². The summed E-state index contributed by atoms with van der Waals surface area (Å²) < 4.78 is 0. The number of pyridine rings is 1. The second kappa shape index (κ2) is 5.70. The number of nitrogens with two attached hydrogens (primary N) is 1. The zero-order valence-electron chi connectivity index (χ0n) is 9.90. The van der Waals surface area contributed by atoms with Crippen LogP contribution in [0.2, 0.25) is 0 Å². The maximum Gasteiger partial charge on any atom is 0.239 e. The molecule has 1 rings (SSSR count). The monoisotopic (exact) mass is 233 g/mol. The summed E-state index contributed by atoms with van der Waals surface area (Å²) >= 11 is 0. The van der Waals surface area contributed by atoms with E-state index in [0.29, 0.717) is 23.6 Å². The van der Waals surface area contributed by atoms with Gasteiger partial charge in [-0.3, -0.25) is 4.79 Å². The van der Waals surface area contributed by atoms with E-state index >= 15 is 0 Å². The van der Waals surface area contributed by atoms with E-state index in [4.69, 9.17) is 11.0 Å². The highest BCUT2D eigenvalue weighted by Crippen LogP contribution is 2.18. The van der Waals surface area contributed by atoms with Gasteiger partial charge in [-0.05, 0) is 13.0 Å². The first kappa shape index (κ1) is 12.8. The molecule has 0 atom stereocenters. The van der Waals surface area contributed by atoms with Crippen molar-refractivity contribution in [3.05, 3.63) is 17.8 Å². The molecule has 0 bridgehead atoms. The molecule has 0 saturated carbocycles. The predicted molar refractivity (Wildman–Crippen MR) is 65.3 cm³/mol. The van der Waals surface area contributed by atoms with Crippen LogP contribution in [0.1, 0.15) is 12.5 Å². The van der Waals surface area contributed by atoms with Gasteiger partial charge in [0.1, 0.15) is 11.9 Å². The molecule has 1 amide bonds. The zero-order valence-corrected chi connectivity index (χ0v) is 9.90. The molecule has 0 unspecified atom stereocenters. The van der Waals surface area contributed by atoms with Crippen molar-refractivity contribution in [2.45, 2.75) is 6.92 Å². The molecule has 0 aliphatic heterocycles. The molecule has 0 aliphatic rings. The van der Waals surface area contributed by atoms with E-state index in [2.05, 4.69) is 10.3 Å². The second-order valence-electron chi connectivity index (χ2n) is 3.44. The van der Waals surface area contributed by atoms with Crippen LogP contribution in [0.4, 0.5) is 11.5 Å². The number of carbonyl (C=O) groups excluding carboxylic acids is 1. The smallest absolute Gasteiger partial charge is 0.239 e. The third-order valence-electron chi connectivity index (χ3n) is 2.30. The first-order valence-electron chi connectivity index (χ1n) is 5.23. The fourth-order valence-corrected chi connectivity index (χ4v) is 1.40. The Bertz CT molecular complexity index is 452. The summed E-state index contributed by atoms with van der Waals surface area (Å²) in [6.45, 7) is 2.64. The highest BCUT2D eigenvalue weighted by atomic mass is 16.1. The molecule has 1 aromatic heterocycles. The second-order valence-corrected chi connectivity index (χ2v) is 3.44. The number of nitrogens with one attached hydrogen (secondary N) is 1. The Labute approximate surface area is 100 Å². The maximum atomic E-state index is 11.3. The van der Waals surface area contributed by atoms with Crippen LogP contribution in [0.15, 0.2) is 12.3 Å². The molecule has 6 heteroatoms. The molecule has 90 valence electrons. The van der Waals surface area contributed by atoms with Gasteiger partial charge < -0.3 is 16.0 Å². The Morgan fingerprint density at radius 1 is 1.71 bits per heavy atom. The molecule has 0 spiro atoms. The van der Waals surface area contributed by atoms with Crippen molar-refractivity contribution in [2.75, 3.05) is 30.8 Å². The van der Waals surface area contributed by atoms with Gasteiger partial charge in [0.25, 0.3) is 0 Å². The Morgan fingerprint density at radius 2 is 2.41 bits per heavy atom. The molecular formula is C11H15N5O. The van der Waals surface area contributed by atoms with Gasteiger partial charge in [-0.1, -0.05) is 0 Å². The Kier molecular flexibility index (Phi) is 4.29. The van der Waals surface area contributed by atoms with Crippen molar-refractivity contribution < 1.29 is 4.79 Å². The van der Waals surface area contributed by atoms with Crippen LogP contribution in [-0.4, -0.2) is 31.0 Å². The highest BCUT2D eigenvalue weighted by molar-refractivity contribution is 5.81. The topological polar surface area (TPSA) is 95.0 Å². The normalized spacial score (nSPS) is 9.47. The minimum Gasteiger partial charge on any atom is -0.397 e. The third-order valence-corrected chi connectivity index (χ3v) is 2.30. The van der Waals surface area contributed by atoms with Gasteiger partial charge in [-0.25, -0.2) is 4.98 Å². The number of carbonyl (C=O) groups is 1. The van der Waals surface area contributed by atoms with Crippen LogP contribution in [0.3, 0.4) is 0 Å². The first-order valence-corrected chi connectivity index (χ1v) is 5.23. The van der Waals surface area contributed by atoms with E-state index in [0.717, 1.165) is 0 Å². The number of nitriles is 1. The summed E-state index contributed by atoms with van der Waals surface area (Å²) in [5.41, 5.74) is 6.36. The fourth-order valence-electron chi connectivity index (χ4n) is 1.40. The summed E-state index contributed by atoms with van der Waals surface area (Å²) in [5, 5.41) is 11.5. The van der Waals surface area contributed by atoms with Crippen molar-refractivity contribution in [1.82, 2.24) is 10.3 Å². The van der Waals surface area contributed by atoms with E-state index in [1.807, 2.05) is 13.0 Å². The number of anilines is 2. The van der Waals surface area contributed by atoms with Crippen molar-refractivity contribution in [1.29, 1.82) is 5.26 Å². The van der Waals surface area contributed by atoms with Crippen molar-refractivity contribution >= 4 is 17.4 Å². The molecular weight excluding hydrogens is 218 g/mol. The summed E-state index contributed by atoms with van der Waals surface area (Å²) in [5.74, 6) is 0.349. The number of nitrogen functional groups attached to an aromatic ring is 1. The number of amides is 1. The number of hydrogen-bond donors (Lipinski definition) is 2. The largest absolute Gasteiger partial charge is 0.397 e. The highest BCUT2D eigenvalue weighted by Gasteiger charge is 2.14. The molecule has 0 aliphatic carbocycles. The van der Waals surface area contributed by atoms with E-state index < -0.39 is 0 Å². The summed E-state index contributed by atoms with van der Waals surface area (Å²) in [6, 6.07) is 3.58. The van der Waals surface area contributed by atoms with Crippen molar-refractivity contribution in [3.63, 3.8) is 0 Å². The minimum absolute atomic E-state index is 0.130. The molecule has 0 saturated heterocycles. The number of aromatic nitrogens is 1. The number of rotatable bonds is 4. The molecule has 17 heavy (non-hydrogen) atoms. The molecule has 6 nitrogen and oxygen atoms in total. The van der Waals surface area contributed by atoms with Gasteiger partial charge in [0, 0.05) is 13.6 Å². The van der Waals surface area contributed by atoms with Crippen LogP contribution in [0, 0.1) is 11.3 Å². The lowest BCUT2D eigenvalue weighted by atomic mass is 10.2. The van der Waals surface area contributed by atoms with E-state index in [-0.39, 0.29) is 12.5 Å². The van der Waals surface area contributed by atoms with Gasteiger partial charge in [-0.2, -0.15) is 5.26 Å². The molecule has 1 heterocycles. The Hall–Kier alpha value is -2.29.